The van der Waals surface area contributed by atoms with Gasteiger partial charge in [0.15, 0.2) is 5.82 Å². The first-order valence-corrected chi connectivity index (χ1v) is 7.36. The summed E-state index contributed by atoms with van der Waals surface area (Å²) in [5.74, 6) is 0.344. The summed E-state index contributed by atoms with van der Waals surface area (Å²) >= 11 is 5.82. The van der Waals surface area contributed by atoms with Crippen LogP contribution in [0.3, 0.4) is 0 Å². The predicted octanol–water partition coefficient (Wildman–Crippen LogP) is 1.09. The summed E-state index contributed by atoms with van der Waals surface area (Å²) in [4.78, 5) is 12.3. The molecule has 102 valence electrons. The molecule has 0 bridgehead atoms. The maximum Gasteiger partial charge on any atom is 0.239 e. The standard InChI is InChI=1S/C11H8ClN5O2S/c12-9-3-4-14-11(16-9)8-5-15-10-2-1-7(6-17(8)10)20(13,18)19/h1-6H,(H2,13,18,19). The van der Waals surface area contributed by atoms with Gasteiger partial charge in [-0.1, -0.05) is 11.6 Å². The van der Waals surface area contributed by atoms with Crippen LogP contribution >= 0.6 is 11.6 Å². The molecule has 0 saturated heterocycles. The van der Waals surface area contributed by atoms with Crippen LogP contribution in [0.1, 0.15) is 0 Å². The molecule has 3 rings (SSSR count). The SMILES string of the molecule is NS(=O)(=O)c1ccc2ncc(-c3nccc(Cl)n3)n2c1. The molecule has 3 aromatic heterocycles. The van der Waals surface area contributed by atoms with Crippen molar-refractivity contribution >= 4 is 27.3 Å². The Kier molecular flexibility index (Phi) is 2.93. The third kappa shape index (κ3) is 2.24. The highest BCUT2D eigenvalue weighted by molar-refractivity contribution is 7.89. The van der Waals surface area contributed by atoms with Gasteiger partial charge < -0.3 is 0 Å². The van der Waals surface area contributed by atoms with Crippen molar-refractivity contribution in [1.82, 2.24) is 19.4 Å². The summed E-state index contributed by atoms with van der Waals surface area (Å²) in [5.41, 5.74) is 1.07. The number of imidazole rings is 1. The Morgan fingerprint density at radius 3 is 2.70 bits per heavy atom. The van der Waals surface area contributed by atoms with Crippen LogP contribution in [0.15, 0.2) is 41.7 Å². The van der Waals surface area contributed by atoms with Crippen molar-refractivity contribution in [3.63, 3.8) is 0 Å². The Bertz CT molecular complexity index is 906. The zero-order chi connectivity index (χ0) is 14.3. The van der Waals surface area contributed by atoms with Crippen LogP contribution in [-0.4, -0.2) is 27.8 Å². The number of sulfonamides is 1. The maximum absolute atomic E-state index is 11.4. The van der Waals surface area contributed by atoms with Gasteiger partial charge in [0.1, 0.15) is 16.5 Å². The average Bonchev–Trinajstić information content (AvgIpc) is 2.80. The van der Waals surface area contributed by atoms with Crippen LogP contribution in [0.4, 0.5) is 0 Å². The highest BCUT2D eigenvalue weighted by Gasteiger charge is 2.13. The van der Waals surface area contributed by atoms with E-state index in [4.69, 9.17) is 16.7 Å². The Hall–Kier alpha value is -2.03. The molecule has 0 spiro atoms. The monoisotopic (exact) mass is 309 g/mol. The number of hydrogen-bond donors (Lipinski definition) is 1. The lowest BCUT2D eigenvalue weighted by atomic mass is 10.4. The molecule has 0 radical (unpaired) electrons. The number of aromatic nitrogens is 4. The topological polar surface area (TPSA) is 103 Å². The number of halogens is 1. The number of fused-ring (bicyclic) bond motifs is 1. The molecular formula is C11H8ClN5O2S. The Morgan fingerprint density at radius 2 is 2.00 bits per heavy atom. The maximum atomic E-state index is 11.4. The number of nitrogens with zero attached hydrogens (tertiary/aromatic N) is 4. The van der Waals surface area contributed by atoms with Gasteiger partial charge in [-0.25, -0.2) is 28.5 Å². The van der Waals surface area contributed by atoms with Crippen molar-refractivity contribution in [1.29, 1.82) is 0 Å². The van der Waals surface area contributed by atoms with Gasteiger partial charge in [-0.15, -0.1) is 0 Å². The van der Waals surface area contributed by atoms with E-state index < -0.39 is 10.0 Å². The number of primary sulfonamides is 1. The molecule has 2 N–H and O–H groups in total. The summed E-state index contributed by atoms with van der Waals surface area (Å²) in [6.45, 7) is 0. The summed E-state index contributed by atoms with van der Waals surface area (Å²) in [5, 5.41) is 5.40. The van der Waals surface area contributed by atoms with Crippen LogP contribution in [0.25, 0.3) is 17.2 Å². The van der Waals surface area contributed by atoms with E-state index in [1.807, 2.05) is 0 Å². The van der Waals surface area contributed by atoms with E-state index in [0.29, 0.717) is 17.2 Å². The molecule has 20 heavy (non-hydrogen) atoms. The molecule has 0 saturated carbocycles. The summed E-state index contributed by atoms with van der Waals surface area (Å²) in [6, 6.07) is 4.48. The molecular weight excluding hydrogens is 302 g/mol. The van der Waals surface area contributed by atoms with Crippen LogP contribution in [0, 0.1) is 0 Å². The van der Waals surface area contributed by atoms with Gasteiger partial charge in [-0.2, -0.15) is 0 Å². The zero-order valence-corrected chi connectivity index (χ0v) is 11.5. The lowest BCUT2D eigenvalue weighted by Gasteiger charge is -2.03. The molecule has 0 aliphatic rings. The lowest BCUT2D eigenvalue weighted by molar-refractivity contribution is 0.597. The molecule has 3 aromatic rings. The van der Waals surface area contributed by atoms with Gasteiger partial charge in [-0.05, 0) is 18.2 Å². The van der Waals surface area contributed by atoms with Crippen molar-refractivity contribution in [3.05, 3.63) is 41.9 Å². The number of nitrogens with two attached hydrogens (primary N) is 1. The van der Waals surface area contributed by atoms with Gasteiger partial charge in [0, 0.05) is 12.4 Å². The first-order chi connectivity index (χ1) is 9.45. The van der Waals surface area contributed by atoms with E-state index in [9.17, 15) is 8.42 Å². The van der Waals surface area contributed by atoms with Crippen molar-refractivity contribution in [3.8, 4) is 11.5 Å². The number of hydrogen-bond acceptors (Lipinski definition) is 5. The fraction of sp³-hybridized carbons (Fsp3) is 0. The van der Waals surface area contributed by atoms with Crippen LogP contribution in [0.5, 0.6) is 0 Å². The molecule has 0 fully saturated rings. The number of pyridine rings is 1. The Labute approximate surface area is 119 Å². The highest BCUT2D eigenvalue weighted by Crippen LogP contribution is 2.20. The second-order valence-electron chi connectivity index (χ2n) is 3.98. The smallest absolute Gasteiger partial charge is 0.239 e. The van der Waals surface area contributed by atoms with Gasteiger partial charge in [0.05, 0.1) is 11.1 Å². The lowest BCUT2D eigenvalue weighted by Crippen LogP contribution is -2.12. The molecule has 0 atom stereocenters. The van der Waals surface area contributed by atoms with Crippen molar-refractivity contribution in [2.75, 3.05) is 0 Å². The van der Waals surface area contributed by atoms with Crippen LogP contribution in [-0.2, 0) is 10.0 Å². The average molecular weight is 310 g/mol. The summed E-state index contributed by atoms with van der Waals surface area (Å²) in [6.07, 6.45) is 4.42. The Balaban J connectivity index is 2.27. The third-order valence-corrected chi connectivity index (χ3v) is 3.77. The highest BCUT2D eigenvalue weighted by atomic mass is 35.5. The van der Waals surface area contributed by atoms with Crippen molar-refractivity contribution in [2.45, 2.75) is 4.90 Å². The second-order valence-corrected chi connectivity index (χ2v) is 5.93. The molecule has 3 heterocycles. The van der Waals surface area contributed by atoms with E-state index >= 15 is 0 Å². The van der Waals surface area contributed by atoms with Crippen molar-refractivity contribution in [2.24, 2.45) is 5.14 Å². The molecule has 0 aromatic carbocycles. The van der Waals surface area contributed by atoms with E-state index in [1.165, 1.54) is 24.7 Å². The van der Waals surface area contributed by atoms with Crippen LogP contribution < -0.4 is 5.14 Å². The van der Waals surface area contributed by atoms with Gasteiger partial charge in [0.2, 0.25) is 10.0 Å². The quantitative estimate of drug-likeness (QED) is 0.714. The minimum atomic E-state index is -3.79. The van der Waals surface area contributed by atoms with Crippen molar-refractivity contribution < 1.29 is 8.42 Å². The fourth-order valence-corrected chi connectivity index (χ4v) is 2.40. The fourth-order valence-electron chi connectivity index (χ4n) is 1.75. The Morgan fingerprint density at radius 1 is 1.20 bits per heavy atom. The van der Waals surface area contributed by atoms with E-state index in [2.05, 4.69) is 15.0 Å². The minimum Gasteiger partial charge on any atom is -0.295 e. The van der Waals surface area contributed by atoms with E-state index in [-0.39, 0.29) is 10.0 Å². The number of rotatable bonds is 2. The molecule has 0 unspecified atom stereocenters. The molecule has 0 amide bonds. The molecule has 7 nitrogen and oxygen atoms in total. The molecule has 0 aliphatic heterocycles. The second kappa shape index (κ2) is 4.51. The first-order valence-electron chi connectivity index (χ1n) is 5.44. The third-order valence-electron chi connectivity index (χ3n) is 2.66. The van der Waals surface area contributed by atoms with Gasteiger partial charge in [0.25, 0.3) is 0 Å². The van der Waals surface area contributed by atoms with Gasteiger partial charge in [-0.3, -0.25) is 4.40 Å². The predicted molar refractivity (Wildman–Crippen MR) is 72.6 cm³/mol. The van der Waals surface area contributed by atoms with E-state index in [0.717, 1.165) is 0 Å². The normalized spacial score (nSPS) is 11.9. The van der Waals surface area contributed by atoms with Gasteiger partial charge >= 0.3 is 0 Å². The zero-order valence-electron chi connectivity index (χ0n) is 9.93. The van der Waals surface area contributed by atoms with Crippen LogP contribution in [0.2, 0.25) is 5.15 Å². The van der Waals surface area contributed by atoms with E-state index in [1.54, 1.807) is 16.5 Å². The summed E-state index contributed by atoms with van der Waals surface area (Å²) in [7, 11) is -3.79. The first kappa shape index (κ1) is 13.0. The molecule has 9 heteroatoms. The summed E-state index contributed by atoms with van der Waals surface area (Å²) < 4.78 is 24.3. The molecule has 0 aliphatic carbocycles. The largest absolute Gasteiger partial charge is 0.295 e. The minimum absolute atomic E-state index is 0.0220.